The first-order valence-corrected chi connectivity index (χ1v) is 42.4. The van der Waals surface area contributed by atoms with E-state index < -0.39 is 97.5 Å². The van der Waals surface area contributed by atoms with E-state index in [9.17, 15) is 43.2 Å². The minimum atomic E-state index is -5.00. The van der Waals surface area contributed by atoms with Crippen LogP contribution in [0.3, 0.4) is 0 Å². The second kappa shape index (κ2) is 74.5. The zero-order valence-corrected chi connectivity index (χ0v) is 65.5. The van der Waals surface area contributed by atoms with E-state index in [1.165, 1.54) is 57.8 Å². The van der Waals surface area contributed by atoms with E-state index in [-0.39, 0.29) is 25.7 Å². The fourth-order valence-corrected chi connectivity index (χ4v) is 11.8. The molecule has 0 saturated carbocycles. The minimum Gasteiger partial charge on any atom is -0.462 e. The summed E-state index contributed by atoms with van der Waals surface area (Å²) in [5.41, 5.74) is 0. The molecule has 0 aromatic heterocycles. The van der Waals surface area contributed by atoms with Crippen LogP contribution in [0, 0.1) is 0 Å². The molecule has 0 bridgehead atoms. The van der Waals surface area contributed by atoms with E-state index in [1.54, 1.807) is 12.2 Å². The van der Waals surface area contributed by atoms with Crippen LogP contribution in [0.5, 0.6) is 0 Å². The van der Waals surface area contributed by atoms with Gasteiger partial charge >= 0.3 is 39.5 Å². The Hall–Kier alpha value is -4.80. The van der Waals surface area contributed by atoms with Crippen molar-refractivity contribution in [3.8, 4) is 0 Å². The van der Waals surface area contributed by atoms with Gasteiger partial charge in [0.1, 0.15) is 19.3 Å². The molecule has 0 saturated heterocycles. The van der Waals surface area contributed by atoms with E-state index in [0.29, 0.717) is 25.7 Å². The third-order valence-electron chi connectivity index (χ3n) is 16.1. The number of rotatable bonds is 73. The van der Waals surface area contributed by atoms with E-state index in [2.05, 4.69) is 137 Å². The van der Waals surface area contributed by atoms with Gasteiger partial charge in [0, 0.05) is 19.3 Å². The highest BCUT2D eigenvalue weighted by Crippen LogP contribution is 2.45. The van der Waals surface area contributed by atoms with Gasteiger partial charge < -0.3 is 33.8 Å². The smallest absolute Gasteiger partial charge is 0.462 e. The highest BCUT2D eigenvalue weighted by molar-refractivity contribution is 7.47. The highest BCUT2D eigenvalue weighted by atomic mass is 31.2. The molecule has 0 radical (unpaired) electrons. The lowest BCUT2D eigenvalue weighted by Crippen LogP contribution is -2.30. The third-order valence-corrected chi connectivity index (χ3v) is 18.0. The maximum absolute atomic E-state index is 13.1. The Morgan fingerprint density at radius 1 is 0.294 bits per heavy atom. The van der Waals surface area contributed by atoms with Crippen molar-refractivity contribution in [1.29, 1.82) is 0 Å². The SMILES string of the molecule is CC/C=C\C/C=C\C/C=C\C/C=C\C/C=C\CC(=O)OC(COC(=O)CCCCCCCCC/C=C\C/C=C\C/C=C\CC)COP(=O)(O)OCC(O)COP(=O)(O)OCC(COC(=O)CCCCCCCC/C=C\C/C=C\C/C=C\CCCCC)OC(=O)CCCCCCCCCCCCC. The van der Waals surface area contributed by atoms with Crippen LogP contribution in [0.4, 0.5) is 0 Å². The van der Waals surface area contributed by atoms with Crippen LogP contribution in [0.25, 0.3) is 0 Å². The van der Waals surface area contributed by atoms with Crippen molar-refractivity contribution < 1.29 is 80.2 Å². The molecule has 0 aliphatic rings. The van der Waals surface area contributed by atoms with E-state index in [4.69, 9.17) is 37.0 Å². The zero-order chi connectivity index (χ0) is 74.6. The number of aliphatic hydroxyl groups is 1. The Morgan fingerprint density at radius 3 is 0.892 bits per heavy atom. The fraction of sp³-hybridized carbons (Fsp3) is 0.687. The van der Waals surface area contributed by atoms with Crippen molar-refractivity contribution in [2.75, 3.05) is 39.6 Å². The van der Waals surface area contributed by atoms with Crippen molar-refractivity contribution in [2.45, 2.75) is 329 Å². The zero-order valence-electron chi connectivity index (χ0n) is 63.7. The Balaban J connectivity index is 5.39. The normalized spacial score (nSPS) is 14.6. The summed E-state index contributed by atoms with van der Waals surface area (Å²) in [5, 5.41) is 10.6. The summed E-state index contributed by atoms with van der Waals surface area (Å²) in [6.45, 7) is 4.48. The Morgan fingerprint density at radius 2 is 0.549 bits per heavy atom. The highest BCUT2D eigenvalue weighted by Gasteiger charge is 2.30. The topological polar surface area (TPSA) is 237 Å². The maximum Gasteiger partial charge on any atom is 0.472 e. The number of allylic oxidation sites excluding steroid dienone is 21. The Bertz CT molecular complexity index is 2460. The lowest BCUT2D eigenvalue weighted by molar-refractivity contribution is -0.161. The summed E-state index contributed by atoms with van der Waals surface area (Å²) in [6, 6.07) is 0. The molecule has 0 aromatic carbocycles. The molecule has 3 N–H and O–H groups in total. The number of esters is 4. The van der Waals surface area contributed by atoms with Gasteiger partial charge in [0.2, 0.25) is 0 Å². The van der Waals surface area contributed by atoms with Crippen molar-refractivity contribution in [3.63, 3.8) is 0 Å². The first-order chi connectivity index (χ1) is 49.7. The van der Waals surface area contributed by atoms with Crippen LogP contribution in [-0.4, -0.2) is 96.7 Å². The standard InChI is InChI=1S/C83H140O17P2/c1-5-9-13-17-21-25-29-32-35-37-38-40-43-45-49-52-56-60-64-68-80(85)93-73-78(99-82(87)69-65-61-57-53-47-28-24-20-16-12-8-4)75-97-101(89,90)95-71-77(84)72-96-102(91,92)98-76-79(100-83(88)70-66-62-58-54-50-46-41-34-31-27-23-19-15-11-7-3)74-94-81(86)67-63-59-55-51-48-44-42-39-36-33-30-26-22-18-14-10-6-2/h10-11,14-15,21-23,25-27,32-36,38,40-41,50,54,62,66,77-79,84H,5-9,12-13,16-20,24,28-31,37,39,42-49,51-53,55-61,63-65,67-76H2,1-4H3,(H,89,90)(H,91,92)/b14-10-,15-11-,25-21-,26-22-,27-23-,35-32-,36-33-,40-38-,41-34-,54-50-,66-62-. The van der Waals surface area contributed by atoms with Gasteiger partial charge in [0.25, 0.3) is 0 Å². The first-order valence-electron chi connectivity index (χ1n) is 39.4. The number of hydrogen-bond acceptors (Lipinski definition) is 15. The Kier molecular flexibility index (Phi) is 71.0. The van der Waals surface area contributed by atoms with Gasteiger partial charge in [-0.1, -0.05) is 296 Å². The van der Waals surface area contributed by atoms with E-state index >= 15 is 0 Å². The van der Waals surface area contributed by atoms with Crippen molar-refractivity contribution >= 4 is 39.5 Å². The largest absolute Gasteiger partial charge is 0.472 e. The number of carbonyl (C=O) groups excluding carboxylic acids is 4. The van der Waals surface area contributed by atoms with Gasteiger partial charge in [0.15, 0.2) is 12.2 Å². The van der Waals surface area contributed by atoms with Crippen LogP contribution < -0.4 is 0 Å². The number of phosphoric acid groups is 2. The third kappa shape index (κ3) is 73.5. The van der Waals surface area contributed by atoms with Crippen molar-refractivity contribution in [3.05, 3.63) is 134 Å². The number of aliphatic hydroxyl groups excluding tert-OH is 1. The molecule has 0 aliphatic carbocycles. The molecule has 584 valence electrons. The predicted molar refractivity (Wildman–Crippen MR) is 418 cm³/mol. The molecule has 5 unspecified atom stereocenters. The van der Waals surface area contributed by atoms with E-state index in [0.717, 1.165) is 173 Å². The van der Waals surface area contributed by atoms with Crippen LogP contribution in [-0.2, 0) is 65.4 Å². The lowest BCUT2D eigenvalue weighted by Gasteiger charge is -2.21. The number of carbonyl (C=O) groups is 4. The fourth-order valence-electron chi connectivity index (χ4n) is 10.2. The van der Waals surface area contributed by atoms with Crippen molar-refractivity contribution in [1.82, 2.24) is 0 Å². The average molecular weight is 1470 g/mol. The van der Waals surface area contributed by atoms with E-state index in [1.807, 2.05) is 12.2 Å². The van der Waals surface area contributed by atoms with Crippen molar-refractivity contribution in [2.24, 2.45) is 0 Å². The molecule has 0 heterocycles. The molecule has 0 spiro atoms. The number of phosphoric ester groups is 2. The quantitative estimate of drug-likeness (QED) is 0.0169. The maximum atomic E-state index is 13.1. The molecule has 0 rings (SSSR count). The second-order valence-electron chi connectivity index (χ2n) is 25.9. The summed E-state index contributed by atoms with van der Waals surface area (Å²) in [6.07, 6.45) is 83.3. The molecule has 17 nitrogen and oxygen atoms in total. The molecular formula is C83H140O17P2. The van der Waals surface area contributed by atoms with Gasteiger partial charge in [-0.2, -0.15) is 0 Å². The van der Waals surface area contributed by atoms with Crippen LogP contribution in [0.1, 0.15) is 310 Å². The minimum absolute atomic E-state index is 0.0894. The predicted octanol–water partition coefficient (Wildman–Crippen LogP) is 22.9. The molecule has 0 aromatic rings. The van der Waals surface area contributed by atoms with Crippen LogP contribution in [0.2, 0.25) is 0 Å². The van der Waals surface area contributed by atoms with Gasteiger partial charge in [-0.05, 0) is 122 Å². The number of unbranched alkanes of at least 4 members (excludes halogenated alkanes) is 26. The summed E-state index contributed by atoms with van der Waals surface area (Å²) >= 11 is 0. The molecule has 102 heavy (non-hydrogen) atoms. The monoisotopic (exact) mass is 1470 g/mol. The molecule has 0 fully saturated rings. The molecule has 19 heteroatoms. The summed E-state index contributed by atoms with van der Waals surface area (Å²) in [7, 11) is -9.99. The van der Waals surface area contributed by atoms with Gasteiger partial charge in [-0.25, -0.2) is 9.13 Å². The molecule has 0 amide bonds. The lowest BCUT2D eigenvalue weighted by atomic mass is 10.1. The van der Waals surface area contributed by atoms with Crippen LogP contribution >= 0.6 is 15.6 Å². The molecule has 0 aliphatic heterocycles. The Labute approximate surface area is 618 Å². The summed E-state index contributed by atoms with van der Waals surface area (Å²) in [5.74, 6) is -2.34. The van der Waals surface area contributed by atoms with Gasteiger partial charge in [-0.3, -0.25) is 37.3 Å². The number of hydrogen-bond donors (Lipinski definition) is 3. The van der Waals surface area contributed by atoms with Gasteiger partial charge in [-0.15, -0.1) is 0 Å². The summed E-state index contributed by atoms with van der Waals surface area (Å²) < 4.78 is 68.4. The average Bonchev–Trinajstić information content (AvgIpc) is 0.925. The van der Waals surface area contributed by atoms with Crippen LogP contribution in [0.15, 0.2) is 134 Å². The number of ether oxygens (including phenoxy) is 4. The van der Waals surface area contributed by atoms with Gasteiger partial charge in [0.05, 0.1) is 32.8 Å². The molecule has 5 atom stereocenters. The first kappa shape index (κ1) is 97.2. The second-order valence-corrected chi connectivity index (χ2v) is 28.8. The molecular weight excluding hydrogens is 1330 g/mol. The summed E-state index contributed by atoms with van der Waals surface area (Å²) in [4.78, 5) is 72.9.